The van der Waals surface area contributed by atoms with Crippen molar-refractivity contribution >= 4 is 38.9 Å². The summed E-state index contributed by atoms with van der Waals surface area (Å²) < 4.78 is 14.6. The first kappa shape index (κ1) is 17.9. The summed E-state index contributed by atoms with van der Waals surface area (Å²) in [6.07, 6.45) is 0.882. The van der Waals surface area contributed by atoms with E-state index in [1.165, 1.54) is 22.8 Å². The number of thiocarbonyl (C=S) groups is 1. The third-order valence-electron chi connectivity index (χ3n) is 3.83. The average molecular weight is 395 g/mol. The Morgan fingerprint density at radius 2 is 1.91 bits per heavy atom. The standard InChI is InChI=1S/C18H20BrFN2S/c1-4-16(13-6-5-11(2)12(3)9-13)21-18(23)22-17-8-7-14(19)10-15(17)20/h5-10,16H,4H2,1-3H3,(H2,21,22,23)/t16-/m0/s1. The van der Waals surface area contributed by atoms with Crippen molar-refractivity contribution < 1.29 is 4.39 Å². The van der Waals surface area contributed by atoms with E-state index in [2.05, 4.69) is 65.5 Å². The van der Waals surface area contributed by atoms with Crippen molar-refractivity contribution in [1.82, 2.24) is 5.32 Å². The zero-order valence-corrected chi connectivity index (χ0v) is 15.8. The smallest absolute Gasteiger partial charge is 0.171 e. The largest absolute Gasteiger partial charge is 0.356 e. The van der Waals surface area contributed by atoms with E-state index in [1.54, 1.807) is 12.1 Å². The molecule has 0 amide bonds. The number of nitrogens with one attached hydrogen (secondary N) is 2. The molecule has 122 valence electrons. The zero-order valence-electron chi connectivity index (χ0n) is 13.4. The van der Waals surface area contributed by atoms with Gasteiger partial charge in [-0.2, -0.15) is 0 Å². The highest BCUT2D eigenvalue weighted by molar-refractivity contribution is 9.10. The van der Waals surface area contributed by atoms with Gasteiger partial charge >= 0.3 is 0 Å². The molecule has 0 heterocycles. The van der Waals surface area contributed by atoms with Gasteiger partial charge in [-0.15, -0.1) is 0 Å². The SMILES string of the molecule is CC[C@H](NC(=S)Nc1ccc(Br)cc1F)c1ccc(C)c(C)c1. The lowest BCUT2D eigenvalue weighted by molar-refractivity contribution is 0.623. The van der Waals surface area contributed by atoms with Crippen LogP contribution in [-0.4, -0.2) is 5.11 Å². The van der Waals surface area contributed by atoms with Crippen molar-refractivity contribution in [2.45, 2.75) is 33.2 Å². The van der Waals surface area contributed by atoms with Gasteiger partial charge in [0.2, 0.25) is 0 Å². The maximum absolute atomic E-state index is 13.9. The van der Waals surface area contributed by atoms with Crippen LogP contribution in [0.5, 0.6) is 0 Å². The van der Waals surface area contributed by atoms with Crippen molar-refractivity contribution in [3.63, 3.8) is 0 Å². The van der Waals surface area contributed by atoms with Gasteiger partial charge in [-0.3, -0.25) is 0 Å². The Kier molecular flexibility index (Phi) is 6.13. The summed E-state index contributed by atoms with van der Waals surface area (Å²) in [5, 5.41) is 6.60. The van der Waals surface area contributed by atoms with Gasteiger partial charge in [0.15, 0.2) is 5.11 Å². The van der Waals surface area contributed by atoms with E-state index in [0.29, 0.717) is 15.3 Å². The first-order valence-corrected chi connectivity index (χ1v) is 8.70. The molecule has 0 bridgehead atoms. The van der Waals surface area contributed by atoms with Crippen LogP contribution >= 0.6 is 28.1 Å². The Morgan fingerprint density at radius 1 is 1.17 bits per heavy atom. The molecule has 0 aliphatic rings. The number of aryl methyl sites for hydroxylation is 2. The summed E-state index contributed by atoms with van der Waals surface area (Å²) in [6, 6.07) is 11.3. The summed E-state index contributed by atoms with van der Waals surface area (Å²) >= 11 is 8.57. The van der Waals surface area contributed by atoms with E-state index in [0.717, 1.165) is 6.42 Å². The van der Waals surface area contributed by atoms with E-state index in [9.17, 15) is 4.39 Å². The average Bonchev–Trinajstić information content (AvgIpc) is 2.50. The van der Waals surface area contributed by atoms with Crippen LogP contribution in [0.2, 0.25) is 0 Å². The molecule has 0 spiro atoms. The summed E-state index contributed by atoms with van der Waals surface area (Å²) in [5.41, 5.74) is 4.05. The Balaban J connectivity index is 2.08. The molecule has 0 saturated heterocycles. The second-order valence-electron chi connectivity index (χ2n) is 5.53. The van der Waals surface area contributed by atoms with E-state index >= 15 is 0 Å². The van der Waals surface area contributed by atoms with Crippen molar-refractivity contribution in [3.8, 4) is 0 Å². The fourth-order valence-electron chi connectivity index (χ4n) is 2.31. The monoisotopic (exact) mass is 394 g/mol. The van der Waals surface area contributed by atoms with Crippen LogP contribution in [0.25, 0.3) is 0 Å². The molecule has 0 aromatic heterocycles. The van der Waals surface area contributed by atoms with Crippen molar-refractivity contribution in [3.05, 3.63) is 63.4 Å². The second-order valence-corrected chi connectivity index (χ2v) is 6.85. The van der Waals surface area contributed by atoms with Crippen LogP contribution in [0.3, 0.4) is 0 Å². The lowest BCUT2D eigenvalue weighted by Crippen LogP contribution is -2.32. The molecule has 2 aromatic rings. The molecule has 0 saturated carbocycles. The minimum atomic E-state index is -0.345. The third-order valence-corrected chi connectivity index (χ3v) is 4.54. The normalized spacial score (nSPS) is 11.9. The van der Waals surface area contributed by atoms with Gasteiger partial charge in [-0.1, -0.05) is 41.1 Å². The van der Waals surface area contributed by atoms with E-state index in [1.807, 2.05) is 0 Å². The molecule has 5 heteroatoms. The van der Waals surface area contributed by atoms with Gasteiger partial charge in [0, 0.05) is 4.47 Å². The van der Waals surface area contributed by atoms with Crippen LogP contribution in [0.1, 0.15) is 36.1 Å². The maximum atomic E-state index is 13.9. The third kappa shape index (κ3) is 4.75. The van der Waals surface area contributed by atoms with E-state index < -0.39 is 0 Å². The van der Waals surface area contributed by atoms with Crippen LogP contribution in [0.15, 0.2) is 40.9 Å². The van der Waals surface area contributed by atoms with Crippen molar-refractivity contribution in [2.75, 3.05) is 5.32 Å². The number of rotatable bonds is 4. The molecular formula is C18H20BrFN2S. The minimum absolute atomic E-state index is 0.0906. The van der Waals surface area contributed by atoms with Crippen molar-refractivity contribution in [1.29, 1.82) is 0 Å². The highest BCUT2D eigenvalue weighted by Crippen LogP contribution is 2.22. The molecule has 2 aromatic carbocycles. The van der Waals surface area contributed by atoms with Crippen molar-refractivity contribution in [2.24, 2.45) is 0 Å². The highest BCUT2D eigenvalue weighted by atomic mass is 79.9. The minimum Gasteiger partial charge on any atom is -0.356 e. The summed E-state index contributed by atoms with van der Waals surface area (Å²) in [6.45, 7) is 6.28. The molecule has 0 aliphatic heterocycles. The van der Waals surface area contributed by atoms with Gasteiger partial charge in [0.25, 0.3) is 0 Å². The number of hydrogen-bond acceptors (Lipinski definition) is 1. The molecule has 1 atom stereocenters. The molecule has 23 heavy (non-hydrogen) atoms. The molecule has 2 nitrogen and oxygen atoms in total. The second kappa shape index (κ2) is 7.88. The fourth-order valence-corrected chi connectivity index (χ4v) is 2.90. The predicted octanol–water partition coefficient (Wildman–Crippen LogP) is 5.64. The molecule has 2 rings (SSSR count). The Morgan fingerprint density at radius 3 is 2.52 bits per heavy atom. The molecule has 0 unspecified atom stereocenters. The highest BCUT2D eigenvalue weighted by Gasteiger charge is 2.12. The van der Waals surface area contributed by atoms with Crippen LogP contribution < -0.4 is 10.6 Å². The summed E-state index contributed by atoms with van der Waals surface area (Å²) in [5.74, 6) is -0.345. The molecule has 0 fully saturated rings. The Labute approximate surface area is 150 Å². The van der Waals surface area contributed by atoms with Gasteiger partial charge < -0.3 is 10.6 Å². The van der Waals surface area contributed by atoms with Gasteiger partial charge in [-0.25, -0.2) is 4.39 Å². The van der Waals surface area contributed by atoms with E-state index in [-0.39, 0.29) is 11.9 Å². The van der Waals surface area contributed by atoms with Crippen LogP contribution in [0, 0.1) is 19.7 Å². The fraction of sp³-hybridized carbons (Fsp3) is 0.278. The van der Waals surface area contributed by atoms with E-state index in [4.69, 9.17) is 12.2 Å². The van der Waals surface area contributed by atoms with Crippen LogP contribution in [0.4, 0.5) is 10.1 Å². The first-order valence-electron chi connectivity index (χ1n) is 7.50. The topological polar surface area (TPSA) is 24.1 Å². The van der Waals surface area contributed by atoms with Gasteiger partial charge in [-0.05, 0) is 67.4 Å². The maximum Gasteiger partial charge on any atom is 0.171 e. The summed E-state index contributed by atoms with van der Waals surface area (Å²) in [7, 11) is 0. The lowest BCUT2D eigenvalue weighted by Gasteiger charge is -2.21. The van der Waals surface area contributed by atoms with Gasteiger partial charge in [0.05, 0.1) is 11.7 Å². The quantitative estimate of drug-likeness (QED) is 0.655. The Bertz CT molecular complexity index is 718. The van der Waals surface area contributed by atoms with Gasteiger partial charge in [0.1, 0.15) is 5.82 Å². The lowest BCUT2D eigenvalue weighted by atomic mass is 9.99. The Hall–Kier alpha value is -1.46. The molecule has 0 radical (unpaired) electrons. The van der Waals surface area contributed by atoms with Crippen LogP contribution in [-0.2, 0) is 0 Å². The first-order chi connectivity index (χ1) is 10.9. The molecule has 0 aliphatic carbocycles. The molecule has 2 N–H and O–H groups in total. The number of hydrogen-bond donors (Lipinski definition) is 2. The summed E-state index contributed by atoms with van der Waals surface area (Å²) in [4.78, 5) is 0. The molecular weight excluding hydrogens is 375 g/mol. The zero-order chi connectivity index (χ0) is 17.0. The predicted molar refractivity (Wildman–Crippen MR) is 102 cm³/mol. The number of halogens is 2. The number of anilines is 1. The number of benzene rings is 2.